The quantitative estimate of drug-likeness (QED) is 0.819. The molecule has 1 aromatic heterocycles. The molecular weight excluding hydrogens is 280 g/mol. The number of carboxylic acid groups (broad SMARTS) is 1. The monoisotopic (exact) mass is 298 g/mol. The van der Waals surface area contributed by atoms with E-state index in [0.717, 1.165) is 0 Å². The minimum absolute atomic E-state index is 0.0691. The number of carbonyl (C=O) groups is 2. The molecule has 6 heteroatoms. The van der Waals surface area contributed by atoms with E-state index < -0.39 is 17.8 Å². The number of nitrogens with one attached hydrogen (secondary N) is 1. The number of halogens is 1. The first-order valence-corrected chi connectivity index (χ1v) is 6.70. The van der Waals surface area contributed by atoms with Gasteiger partial charge in [0.15, 0.2) is 0 Å². The van der Waals surface area contributed by atoms with E-state index in [9.17, 15) is 14.7 Å². The van der Waals surface area contributed by atoms with Gasteiger partial charge in [0, 0.05) is 6.54 Å². The third-order valence-corrected chi connectivity index (χ3v) is 2.88. The molecule has 0 spiro atoms. The van der Waals surface area contributed by atoms with Crippen LogP contribution in [0.3, 0.4) is 0 Å². The van der Waals surface area contributed by atoms with Gasteiger partial charge in [0.2, 0.25) is 0 Å². The first-order valence-electron chi connectivity index (χ1n) is 6.32. The number of aromatic nitrogens is 1. The molecule has 1 unspecified atom stereocenters. The van der Waals surface area contributed by atoms with Gasteiger partial charge in [0.1, 0.15) is 10.8 Å². The van der Waals surface area contributed by atoms with Gasteiger partial charge in [-0.3, -0.25) is 9.59 Å². The molecule has 1 rings (SSSR count). The molecule has 0 aliphatic carbocycles. The number of hydrogen-bond donors (Lipinski definition) is 2. The molecule has 0 saturated heterocycles. The van der Waals surface area contributed by atoms with E-state index >= 15 is 0 Å². The highest BCUT2D eigenvalue weighted by atomic mass is 35.5. The van der Waals surface area contributed by atoms with Gasteiger partial charge in [-0.1, -0.05) is 38.4 Å². The Hall–Kier alpha value is -1.62. The molecule has 1 heterocycles. The highest BCUT2D eigenvalue weighted by molar-refractivity contribution is 6.29. The second kappa shape index (κ2) is 6.70. The molecule has 0 radical (unpaired) electrons. The summed E-state index contributed by atoms with van der Waals surface area (Å²) >= 11 is 5.70. The minimum Gasteiger partial charge on any atom is -0.481 e. The molecule has 0 aliphatic rings. The van der Waals surface area contributed by atoms with Crippen molar-refractivity contribution in [2.75, 3.05) is 6.54 Å². The SMILES string of the molecule is CC(C)(C)CC(CNC(=O)c1cccc(Cl)n1)C(=O)O. The number of aliphatic carboxylic acids is 1. The second-order valence-electron chi connectivity index (χ2n) is 5.86. The molecule has 1 amide bonds. The van der Waals surface area contributed by atoms with E-state index in [1.165, 1.54) is 6.07 Å². The Morgan fingerprint density at radius 2 is 2.05 bits per heavy atom. The van der Waals surface area contributed by atoms with Crippen LogP contribution in [0.25, 0.3) is 0 Å². The predicted molar refractivity (Wildman–Crippen MR) is 76.8 cm³/mol. The standard InChI is InChI=1S/C14H19ClN2O3/c1-14(2,3)7-9(13(19)20)8-16-12(18)10-5-4-6-11(15)17-10/h4-6,9H,7-8H2,1-3H3,(H,16,18)(H,19,20). The zero-order chi connectivity index (χ0) is 15.3. The molecule has 1 aromatic rings. The number of rotatable bonds is 5. The zero-order valence-corrected chi connectivity index (χ0v) is 12.6. The van der Waals surface area contributed by atoms with E-state index in [0.29, 0.717) is 6.42 Å². The molecular formula is C14H19ClN2O3. The van der Waals surface area contributed by atoms with Gasteiger partial charge in [-0.25, -0.2) is 4.98 Å². The van der Waals surface area contributed by atoms with Crippen molar-refractivity contribution in [1.82, 2.24) is 10.3 Å². The van der Waals surface area contributed by atoms with Crippen LogP contribution in [-0.2, 0) is 4.79 Å². The van der Waals surface area contributed by atoms with Crippen LogP contribution in [0.15, 0.2) is 18.2 Å². The molecule has 0 saturated carbocycles. The maximum Gasteiger partial charge on any atom is 0.308 e. The highest BCUT2D eigenvalue weighted by Crippen LogP contribution is 2.24. The van der Waals surface area contributed by atoms with Gasteiger partial charge in [-0.15, -0.1) is 0 Å². The van der Waals surface area contributed by atoms with Gasteiger partial charge in [0.05, 0.1) is 5.92 Å². The van der Waals surface area contributed by atoms with Crippen LogP contribution < -0.4 is 5.32 Å². The summed E-state index contributed by atoms with van der Waals surface area (Å²) in [6.07, 6.45) is 0.478. The van der Waals surface area contributed by atoms with Crippen LogP contribution in [0.5, 0.6) is 0 Å². The van der Waals surface area contributed by atoms with E-state index in [-0.39, 0.29) is 22.8 Å². The molecule has 2 N–H and O–H groups in total. The third kappa shape index (κ3) is 5.57. The Balaban J connectivity index is 2.64. The Morgan fingerprint density at radius 1 is 1.40 bits per heavy atom. The zero-order valence-electron chi connectivity index (χ0n) is 11.8. The van der Waals surface area contributed by atoms with Crippen molar-refractivity contribution in [3.8, 4) is 0 Å². The molecule has 0 aromatic carbocycles. The molecule has 110 valence electrons. The van der Waals surface area contributed by atoms with E-state index in [1.54, 1.807) is 12.1 Å². The summed E-state index contributed by atoms with van der Waals surface area (Å²) in [5.41, 5.74) is 0.0552. The summed E-state index contributed by atoms with van der Waals surface area (Å²) in [7, 11) is 0. The lowest BCUT2D eigenvalue weighted by Gasteiger charge is -2.23. The van der Waals surface area contributed by atoms with Crippen molar-refractivity contribution in [2.45, 2.75) is 27.2 Å². The van der Waals surface area contributed by atoms with Gasteiger partial charge in [-0.2, -0.15) is 0 Å². The van der Waals surface area contributed by atoms with Crippen LogP contribution in [0.4, 0.5) is 0 Å². The number of hydrogen-bond acceptors (Lipinski definition) is 3. The first kappa shape index (κ1) is 16.4. The van der Waals surface area contributed by atoms with Crippen LogP contribution >= 0.6 is 11.6 Å². The fourth-order valence-corrected chi connectivity index (χ4v) is 1.99. The van der Waals surface area contributed by atoms with Gasteiger partial charge < -0.3 is 10.4 Å². The highest BCUT2D eigenvalue weighted by Gasteiger charge is 2.25. The Labute approximate surface area is 123 Å². The Morgan fingerprint density at radius 3 is 2.55 bits per heavy atom. The van der Waals surface area contributed by atoms with Crippen LogP contribution in [-0.4, -0.2) is 28.5 Å². The molecule has 0 bridgehead atoms. The van der Waals surface area contributed by atoms with Crippen molar-refractivity contribution in [3.63, 3.8) is 0 Å². The topological polar surface area (TPSA) is 79.3 Å². The van der Waals surface area contributed by atoms with Gasteiger partial charge >= 0.3 is 5.97 Å². The summed E-state index contributed by atoms with van der Waals surface area (Å²) in [6.45, 7) is 5.95. The van der Waals surface area contributed by atoms with Crippen LogP contribution in [0.2, 0.25) is 5.15 Å². The van der Waals surface area contributed by atoms with Crippen molar-refractivity contribution in [3.05, 3.63) is 29.0 Å². The van der Waals surface area contributed by atoms with E-state index in [2.05, 4.69) is 10.3 Å². The van der Waals surface area contributed by atoms with Crippen LogP contribution in [0.1, 0.15) is 37.7 Å². The summed E-state index contributed by atoms with van der Waals surface area (Å²) in [5.74, 6) is -1.97. The maximum absolute atomic E-state index is 11.9. The molecule has 0 fully saturated rings. The predicted octanol–water partition coefficient (Wildman–Crippen LogP) is 2.60. The number of nitrogens with zero attached hydrogens (tertiary/aromatic N) is 1. The molecule has 1 atom stereocenters. The average molecular weight is 299 g/mol. The van der Waals surface area contributed by atoms with E-state index in [1.807, 2.05) is 20.8 Å². The number of amides is 1. The fraction of sp³-hybridized carbons (Fsp3) is 0.500. The number of pyridine rings is 1. The minimum atomic E-state index is -0.917. The fourth-order valence-electron chi connectivity index (χ4n) is 1.83. The molecule has 20 heavy (non-hydrogen) atoms. The molecule has 5 nitrogen and oxygen atoms in total. The van der Waals surface area contributed by atoms with Gasteiger partial charge in [0.25, 0.3) is 5.91 Å². The normalized spacial score (nSPS) is 12.8. The summed E-state index contributed by atoms with van der Waals surface area (Å²) in [5, 5.41) is 12.0. The maximum atomic E-state index is 11.9. The summed E-state index contributed by atoms with van der Waals surface area (Å²) < 4.78 is 0. The summed E-state index contributed by atoms with van der Waals surface area (Å²) in [4.78, 5) is 26.9. The summed E-state index contributed by atoms with van der Waals surface area (Å²) in [6, 6.07) is 4.72. The Bertz CT molecular complexity index is 497. The largest absolute Gasteiger partial charge is 0.481 e. The number of carboxylic acids is 1. The van der Waals surface area contributed by atoms with Crippen molar-refractivity contribution in [1.29, 1.82) is 0 Å². The Kier molecular flexibility index (Phi) is 5.51. The first-order chi connectivity index (χ1) is 9.19. The van der Waals surface area contributed by atoms with Crippen molar-refractivity contribution >= 4 is 23.5 Å². The lowest BCUT2D eigenvalue weighted by atomic mass is 9.84. The average Bonchev–Trinajstić information content (AvgIpc) is 2.32. The smallest absolute Gasteiger partial charge is 0.308 e. The lowest BCUT2D eigenvalue weighted by Crippen LogP contribution is -2.35. The third-order valence-electron chi connectivity index (χ3n) is 2.66. The molecule has 0 aliphatic heterocycles. The van der Waals surface area contributed by atoms with Crippen molar-refractivity contribution < 1.29 is 14.7 Å². The van der Waals surface area contributed by atoms with Gasteiger partial charge in [-0.05, 0) is 24.0 Å². The van der Waals surface area contributed by atoms with E-state index in [4.69, 9.17) is 11.6 Å². The number of carbonyl (C=O) groups excluding carboxylic acids is 1. The second-order valence-corrected chi connectivity index (χ2v) is 6.24. The van der Waals surface area contributed by atoms with Crippen LogP contribution in [0, 0.1) is 11.3 Å². The lowest BCUT2D eigenvalue weighted by molar-refractivity contribution is -0.142. The van der Waals surface area contributed by atoms with Crippen molar-refractivity contribution in [2.24, 2.45) is 11.3 Å².